The Hall–Kier alpha value is -0.580. The van der Waals surface area contributed by atoms with E-state index in [9.17, 15) is 0 Å². The summed E-state index contributed by atoms with van der Waals surface area (Å²) in [5.74, 6) is 0. The van der Waals surface area contributed by atoms with Crippen LogP contribution in [0.1, 0.15) is 18.1 Å². The summed E-state index contributed by atoms with van der Waals surface area (Å²) in [6.45, 7) is 2.69. The van der Waals surface area contributed by atoms with Crippen LogP contribution in [0.5, 0.6) is 0 Å². The minimum absolute atomic E-state index is 0.274. The molecule has 0 saturated heterocycles. The van der Waals surface area contributed by atoms with E-state index in [0.717, 1.165) is 15.0 Å². The summed E-state index contributed by atoms with van der Waals surface area (Å²) in [6, 6.07) is 18.1. The Morgan fingerprint density at radius 3 is 2.47 bits per heavy atom. The zero-order chi connectivity index (χ0) is 13.7. The lowest BCUT2D eigenvalue weighted by molar-refractivity contribution is -0.0275. The first-order valence-corrected chi connectivity index (χ1v) is 8.04. The average Bonchev–Trinajstić information content (AvgIpc) is 2.46. The van der Waals surface area contributed by atoms with Crippen LogP contribution in [0.2, 0.25) is 5.02 Å². The predicted octanol–water partition coefficient (Wildman–Crippen LogP) is 5.21. The predicted molar refractivity (Wildman–Crippen MR) is 88.9 cm³/mol. The Morgan fingerprint density at radius 2 is 1.84 bits per heavy atom. The molecule has 0 N–H and O–H groups in total. The zero-order valence-electron chi connectivity index (χ0n) is 10.8. The Kier molecular flexibility index (Phi) is 5.25. The lowest BCUT2D eigenvalue weighted by Crippen LogP contribution is -2.27. The number of halogens is 2. The molecular weight excluding hydrogens is 371 g/mol. The smallest absolute Gasteiger partial charge is 0.0996 e. The fraction of sp³-hybridized carbons (Fsp3) is 0.250. The SMILES string of the molecule is CC(CI)(OCc1cccc(Cl)c1)c1ccccc1. The Balaban J connectivity index is 2.11. The van der Waals surface area contributed by atoms with E-state index in [1.165, 1.54) is 5.56 Å². The van der Waals surface area contributed by atoms with Gasteiger partial charge in [0.2, 0.25) is 0 Å². The topological polar surface area (TPSA) is 9.23 Å². The molecule has 0 saturated carbocycles. The minimum atomic E-state index is -0.274. The monoisotopic (exact) mass is 386 g/mol. The molecule has 2 rings (SSSR count). The van der Waals surface area contributed by atoms with Crippen molar-refractivity contribution in [1.29, 1.82) is 0 Å². The highest BCUT2D eigenvalue weighted by Gasteiger charge is 2.25. The van der Waals surface area contributed by atoms with E-state index in [4.69, 9.17) is 16.3 Å². The van der Waals surface area contributed by atoms with Crippen LogP contribution in [0.15, 0.2) is 54.6 Å². The second-order valence-electron chi connectivity index (χ2n) is 4.65. The summed E-state index contributed by atoms with van der Waals surface area (Å²) in [5.41, 5.74) is 2.02. The molecular formula is C16H16ClIO. The van der Waals surface area contributed by atoms with E-state index in [2.05, 4.69) is 41.6 Å². The molecule has 0 bridgehead atoms. The highest BCUT2D eigenvalue weighted by atomic mass is 127. The van der Waals surface area contributed by atoms with Gasteiger partial charge in [0.1, 0.15) is 0 Å². The fourth-order valence-electron chi connectivity index (χ4n) is 1.86. The third kappa shape index (κ3) is 3.94. The number of hydrogen-bond acceptors (Lipinski definition) is 1. The van der Waals surface area contributed by atoms with Crippen LogP contribution in [0.4, 0.5) is 0 Å². The van der Waals surface area contributed by atoms with Crippen molar-refractivity contribution >= 4 is 34.2 Å². The van der Waals surface area contributed by atoms with Crippen molar-refractivity contribution in [3.8, 4) is 0 Å². The van der Waals surface area contributed by atoms with Gasteiger partial charge in [-0.25, -0.2) is 0 Å². The summed E-state index contributed by atoms with van der Waals surface area (Å²) < 4.78 is 7.04. The van der Waals surface area contributed by atoms with E-state index in [-0.39, 0.29) is 5.60 Å². The van der Waals surface area contributed by atoms with Gasteiger partial charge in [-0.3, -0.25) is 0 Å². The van der Waals surface area contributed by atoms with Crippen LogP contribution in [0, 0.1) is 0 Å². The number of hydrogen-bond donors (Lipinski definition) is 0. The van der Waals surface area contributed by atoms with Gasteiger partial charge in [0.05, 0.1) is 12.2 Å². The van der Waals surface area contributed by atoms with Gasteiger partial charge >= 0.3 is 0 Å². The molecule has 100 valence electrons. The molecule has 3 heteroatoms. The van der Waals surface area contributed by atoms with Crippen molar-refractivity contribution in [2.45, 2.75) is 19.1 Å². The van der Waals surface area contributed by atoms with E-state index >= 15 is 0 Å². The Labute approximate surface area is 133 Å². The molecule has 19 heavy (non-hydrogen) atoms. The molecule has 0 amide bonds. The lowest BCUT2D eigenvalue weighted by atomic mass is 9.98. The van der Waals surface area contributed by atoms with E-state index in [0.29, 0.717) is 6.61 Å². The molecule has 2 aromatic rings. The van der Waals surface area contributed by atoms with E-state index in [1.54, 1.807) is 0 Å². The highest BCUT2D eigenvalue weighted by Crippen LogP contribution is 2.29. The van der Waals surface area contributed by atoms with Crippen LogP contribution < -0.4 is 0 Å². The summed E-state index contributed by atoms with van der Waals surface area (Å²) in [7, 11) is 0. The van der Waals surface area contributed by atoms with Crippen molar-refractivity contribution < 1.29 is 4.74 Å². The van der Waals surface area contributed by atoms with Gasteiger partial charge in [-0.15, -0.1) is 0 Å². The van der Waals surface area contributed by atoms with Crippen molar-refractivity contribution in [3.05, 3.63) is 70.7 Å². The third-order valence-electron chi connectivity index (χ3n) is 3.09. The van der Waals surface area contributed by atoms with Crippen LogP contribution in [-0.4, -0.2) is 4.43 Å². The van der Waals surface area contributed by atoms with Gasteiger partial charge in [-0.1, -0.05) is 76.7 Å². The van der Waals surface area contributed by atoms with Gasteiger partial charge in [0, 0.05) is 9.45 Å². The first-order valence-electron chi connectivity index (χ1n) is 6.14. The summed E-state index contributed by atoms with van der Waals surface area (Å²) in [6.07, 6.45) is 0. The second kappa shape index (κ2) is 6.73. The zero-order valence-corrected chi connectivity index (χ0v) is 13.7. The second-order valence-corrected chi connectivity index (χ2v) is 5.85. The minimum Gasteiger partial charge on any atom is -0.365 e. The maximum Gasteiger partial charge on any atom is 0.0996 e. The molecule has 0 aromatic heterocycles. The van der Waals surface area contributed by atoms with Gasteiger partial charge in [-0.05, 0) is 30.2 Å². The van der Waals surface area contributed by atoms with Gasteiger partial charge in [0.25, 0.3) is 0 Å². The highest BCUT2D eigenvalue weighted by molar-refractivity contribution is 14.1. The number of alkyl halides is 1. The third-order valence-corrected chi connectivity index (χ3v) is 4.78. The molecule has 0 fully saturated rings. The summed E-state index contributed by atoms with van der Waals surface area (Å²) >= 11 is 8.36. The maximum absolute atomic E-state index is 6.14. The molecule has 2 aromatic carbocycles. The molecule has 0 aliphatic heterocycles. The quantitative estimate of drug-likeness (QED) is 0.506. The van der Waals surface area contributed by atoms with E-state index in [1.807, 2.05) is 42.5 Å². The first kappa shape index (κ1) is 14.8. The van der Waals surface area contributed by atoms with Crippen LogP contribution in [-0.2, 0) is 16.9 Å². The molecule has 1 nitrogen and oxygen atoms in total. The number of rotatable bonds is 5. The van der Waals surface area contributed by atoms with Gasteiger partial charge in [-0.2, -0.15) is 0 Å². The van der Waals surface area contributed by atoms with Gasteiger partial charge < -0.3 is 4.74 Å². The van der Waals surface area contributed by atoms with Crippen molar-refractivity contribution in [1.82, 2.24) is 0 Å². The molecule has 0 spiro atoms. The normalized spacial score (nSPS) is 14.1. The molecule has 1 unspecified atom stereocenters. The van der Waals surface area contributed by atoms with Crippen molar-refractivity contribution in [3.63, 3.8) is 0 Å². The Bertz CT molecular complexity index is 529. The van der Waals surface area contributed by atoms with Crippen LogP contribution >= 0.6 is 34.2 Å². The average molecular weight is 387 g/mol. The van der Waals surface area contributed by atoms with Crippen molar-refractivity contribution in [2.24, 2.45) is 0 Å². The molecule has 0 heterocycles. The molecule has 0 aliphatic rings. The largest absolute Gasteiger partial charge is 0.365 e. The van der Waals surface area contributed by atoms with Gasteiger partial charge in [0.15, 0.2) is 0 Å². The van der Waals surface area contributed by atoms with E-state index < -0.39 is 0 Å². The van der Waals surface area contributed by atoms with Crippen LogP contribution in [0.3, 0.4) is 0 Å². The summed E-state index contributed by atoms with van der Waals surface area (Å²) in [4.78, 5) is 0. The standard InChI is InChI=1S/C16H16ClIO/c1-16(12-18,14-7-3-2-4-8-14)19-11-13-6-5-9-15(17)10-13/h2-10H,11-12H2,1H3. The molecule has 1 atom stereocenters. The molecule has 0 aliphatic carbocycles. The number of benzene rings is 2. The Morgan fingerprint density at radius 1 is 1.11 bits per heavy atom. The number of ether oxygens (including phenoxy) is 1. The maximum atomic E-state index is 6.14. The fourth-order valence-corrected chi connectivity index (χ4v) is 2.73. The molecule has 0 radical (unpaired) electrons. The lowest BCUT2D eigenvalue weighted by Gasteiger charge is -2.28. The van der Waals surface area contributed by atoms with Crippen LogP contribution in [0.25, 0.3) is 0 Å². The van der Waals surface area contributed by atoms with Crippen molar-refractivity contribution in [2.75, 3.05) is 4.43 Å². The summed E-state index contributed by atoms with van der Waals surface area (Å²) in [5, 5.41) is 0.747. The first-order chi connectivity index (χ1) is 9.14.